The second-order valence-electron chi connectivity index (χ2n) is 8.74. The highest BCUT2D eigenvalue weighted by Gasteiger charge is 2.55. The molecule has 1 aliphatic heterocycles. The molecule has 11 heteroatoms. The second-order valence-corrected chi connectivity index (χ2v) is 9.60. The lowest BCUT2D eigenvalue weighted by Crippen LogP contribution is -2.38. The number of benzene rings is 2. The van der Waals surface area contributed by atoms with Crippen molar-refractivity contribution in [2.24, 2.45) is 5.10 Å². The van der Waals surface area contributed by atoms with Crippen molar-refractivity contribution in [2.45, 2.75) is 26.2 Å². The number of allylic oxidation sites excluding steroid dienone is 3. The number of ketones is 2. The minimum absolute atomic E-state index is 0.00744. The van der Waals surface area contributed by atoms with E-state index in [1.165, 1.54) is 49.6 Å². The van der Waals surface area contributed by atoms with Crippen molar-refractivity contribution in [3.8, 4) is 28.5 Å². The Morgan fingerprint density at radius 3 is 2.59 bits per heavy atom. The third kappa shape index (κ3) is 3.66. The van der Waals surface area contributed by atoms with Crippen LogP contribution in [0.4, 0.5) is 9.52 Å². The Morgan fingerprint density at radius 2 is 1.92 bits per heavy atom. The number of thiazole rings is 1. The number of phenols is 2. The average molecular weight is 522 g/mol. The molecule has 188 valence electrons. The average Bonchev–Trinajstić information content (AvgIpc) is 3.42. The minimum atomic E-state index is -1.60. The monoisotopic (exact) mass is 521 g/mol. The lowest BCUT2D eigenvalue weighted by Gasteiger charge is -2.28. The number of aromatic hydroxyl groups is 2. The molecule has 2 aromatic carbocycles. The number of aliphatic hydroxyl groups is 1. The molecule has 1 atom stereocenters. The Kier molecular flexibility index (Phi) is 5.60. The topological polar surface area (TPSA) is 141 Å². The number of nitrogens with zero attached hydrogens (tertiary/aromatic N) is 2. The molecule has 0 spiro atoms. The maximum atomic E-state index is 13.4. The van der Waals surface area contributed by atoms with Gasteiger partial charge in [-0.2, -0.15) is 5.10 Å². The molecule has 0 unspecified atom stereocenters. The first kappa shape index (κ1) is 24.2. The van der Waals surface area contributed by atoms with Gasteiger partial charge in [-0.3, -0.25) is 15.0 Å². The molecule has 0 saturated heterocycles. The van der Waals surface area contributed by atoms with Gasteiger partial charge < -0.3 is 20.1 Å². The first-order valence-electron chi connectivity index (χ1n) is 11.0. The number of halogens is 1. The summed E-state index contributed by atoms with van der Waals surface area (Å²) in [6, 6.07) is 5.75. The smallest absolute Gasteiger partial charge is 0.203 e. The van der Waals surface area contributed by atoms with E-state index in [1.807, 2.05) is 0 Å². The van der Waals surface area contributed by atoms with Crippen molar-refractivity contribution in [3.05, 3.63) is 75.3 Å². The van der Waals surface area contributed by atoms with Gasteiger partial charge in [-0.15, -0.1) is 11.3 Å². The standard InChI is InChI=1S/C26H20FN3O6S/c1-11-21(33)19(15-10-37-25(29-15)30-28-9-13-4-6-14(27)7-5-13)23-20(22(11)34)26(3)17(36-23)8-16(32)18(12(2)31)24(26)35/h4-10,32-34H,1-3H3,(H,29,30)/b28-9+/t26-/m0/s1. The number of carbonyl (C=O) groups excluding carboxylic acids is 2. The van der Waals surface area contributed by atoms with Crippen molar-refractivity contribution in [1.82, 2.24) is 4.98 Å². The maximum absolute atomic E-state index is 13.4. The molecule has 0 amide bonds. The van der Waals surface area contributed by atoms with Gasteiger partial charge in [-0.1, -0.05) is 12.1 Å². The summed E-state index contributed by atoms with van der Waals surface area (Å²) < 4.78 is 19.0. The van der Waals surface area contributed by atoms with E-state index in [0.29, 0.717) is 10.7 Å². The van der Waals surface area contributed by atoms with Gasteiger partial charge in [0.25, 0.3) is 0 Å². The van der Waals surface area contributed by atoms with Crippen LogP contribution in [0.2, 0.25) is 0 Å². The molecule has 0 fully saturated rings. The van der Waals surface area contributed by atoms with Crippen molar-refractivity contribution in [1.29, 1.82) is 0 Å². The van der Waals surface area contributed by atoms with Crippen LogP contribution in [0.1, 0.15) is 30.5 Å². The number of rotatable bonds is 5. The van der Waals surface area contributed by atoms with Gasteiger partial charge in [0.1, 0.15) is 45.6 Å². The molecule has 5 rings (SSSR count). The fourth-order valence-corrected chi connectivity index (χ4v) is 5.07. The zero-order chi connectivity index (χ0) is 26.6. The first-order chi connectivity index (χ1) is 17.5. The van der Waals surface area contributed by atoms with E-state index in [9.17, 15) is 29.3 Å². The number of phenolic OH excluding ortho intramolecular Hbond substituents is 2. The van der Waals surface area contributed by atoms with Crippen LogP contribution < -0.4 is 10.2 Å². The Balaban J connectivity index is 1.56. The zero-order valence-corrected chi connectivity index (χ0v) is 20.6. The van der Waals surface area contributed by atoms with Crippen LogP contribution in [0.5, 0.6) is 17.2 Å². The Morgan fingerprint density at radius 1 is 1.22 bits per heavy atom. The van der Waals surface area contributed by atoms with E-state index in [4.69, 9.17) is 4.74 Å². The van der Waals surface area contributed by atoms with Gasteiger partial charge in [-0.25, -0.2) is 9.37 Å². The normalized spacial score (nSPS) is 18.5. The fourth-order valence-electron chi connectivity index (χ4n) is 4.42. The number of aliphatic hydroxyl groups excluding tert-OH is 1. The number of ether oxygens (including phenoxy) is 1. The maximum Gasteiger partial charge on any atom is 0.203 e. The summed E-state index contributed by atoms with van der Waals surface area (Å²) in [6.45, 7) is 4.13. The molecule has 0 saturated carbocycles. The molecule has 0 radical (unpaired) electrons. The quantitative estimate of drug-likeness (QED) is 0.216. The minimum Gasteiger partial charge on any atom is -0.507 e. The van der Waals surface area contributed by atoms with Crippen LogP contribution in [-0.2, 0) is 15.0 Å². The van der Waals surface area contributed by atoms with Crippen molar-refractivity contribution < 1.29 is 34.0 Å². The molecular weight excluding hydrogens is 501 g/mol. The number of nitrogens with one attached hydrogen (secondary N) is 1. The van der Waals surface area contributed by atoms with Crippen LogP contribution >= 0.6 is 11.3 Å². The van der Waals surface area contributed by atoms with Gasteiger partial charge in [0.2, 0.25) is 5.13 Å². The van der Waals surface area contributed by atoms with Gasteiger partial charge in [0.15, 0.2) is 11.6 Å². The number of anilines is 1. The predicted molar refractivity (Wildman–Crippen MR) is 135 cm³/mol. The molecular formula is C26H20FN3O6S. The van der Waals surface area contributed by atoms with Gasteiger partial charge in [0.05, 0.1) is 23.0 Å². The molecule has 37 heavy (non-hydrogen) atoms. The number of Topliss-reactive ketones (excluding diaryl/α,β-unsaturated/α-hetero) is 2. The lowest BCUT2D eigenvalue weighted by atomic mass is 9.71. The number of aromatic nitrogens is 1. The fraction of sp³-hybridized carbons (Fsp3) is 0.154. The summed E-state index contributed by atoms with van der Waals surface area (Å²) in [5, 5.41) is 38.3. The first-order valence-corrected chi connectivity index (χ1v) is 11.9. The zero-order valence-electron chi connectivity index (χ0n) is 19.8. The highest BCUT2D eigenvalue weighted by Crippen LogP contribution is 2.60. The summed E-state index contributed by atoms with van der Waals surface area (Å²) in [5.41, 5.74) is 2.00. The van der Waals surface area contributed by atoms with Crippen LogP contribution in [-0.4, -0.2) is 38.1 Å². The summed E-state index contributed by atoms with van der Waals surface area (Å²) >= 11 is 1.18. The van der Waals surface area contributed by atoms with Gasteiger partial charge >= 0.3 is 0 Å². The summed E-state index contributed by atoms with van der Waals surface area (Å²) in [4.78, 5) is 29.9. The molecule has 4 N–H and O–H groups in total. The Labute approximate surface area is 213 Å². The van der Waals surface area contributed by atoms with E-state index >= 15 is 0 Å². The summed E-state index contributed by atoms with van der Waals surface area (Å²) in [5.74, 6) is -2.91. The molecule has 2 aliphatic rings. The van der Waals surface area contributed by atoms with E-state index in [1.54, 1.807) is 17.5 Å². The second kappa shape index (κ2) is 8.56. The Bertz CT molecular complexity index is 1590. The van der Waals surface area contributed by atoms with Gasteiger partial charge in [0, 0.05) is 17.0 Å². The number of fused-ring (bicyclic) bond motifs is 3. The molecule has 3 aromatic rings. The number of hydrogen-bond donors (Lipinski definition) is 4. The van der Waals surface area contributed by atoms with E-state index < -0.39 is 28.3 Å². The lowest BCUT2D eigenvalue weighted by molar-refractivity contribution is -0.123. The predicted octanol–water partition coefficient (Wildman–Crippen LogP) is 4.63. The third-order valence-electron chi connectivity index (χ3n) is 6.40. The number of hydrogen-bond acceptors (Lipinski definition) is 10. The van der Waals surface area contributed by atoms with Crippen LogP contribution in [0, 0.1) is 12.7 Å². The molecule has 9 nitrogen and oxygen atoms in total. The van der Waals surface area contributed by atoms with E-state index in [-0.39, 0.29) is 51.2 Å². The highest BCUT2D eigenvalue weighted by atomic mass is 32.1. The largest absolute Gasteiger partial charge is 0.507 e. The molecule has 1 aromatic heterocycles. The van der Waals surface area contributed by atoms with Crippen molar-refractivity contribution >= 4 is 34.2 Å². The summed E-state index contributed by atoms with van der Waals surface area (Å²) in [6.07, 6.45) is 2.66. The van der Waals surface area contributed by atoms with Crippen molar-refractivity contribution in [3.63, 3.8) is 0 Å². The third-order valence-corrected chi connectivity index (χ3v) is 7.15. The summed E-state index contributed by atoms with van der Waals surface area (Å²) in [7, 11) is 0. The van der Waals surface area contributed by atoms with Gasteiger partial charge in [-0.05, 0) is 38.5 Å². The van der Waals surface area contributed by atoms with Crippen LogP contribution in [0.25, 0.3) is 11.3 Å². The Hall–Kier alpha value is -4.51. The molecule has 2 heterocycles. The molecule has 1 aliphatic carbocycles. The number of hydrazone groups is 1. The van der Waals surface area contributed by atoms with E-state index in [2.05, 4.69) is 15.5 Å². The molecule has 0 bridgehead atoms. The van der Waals surface area contributed by atoms with Crippen molar-refractivity contribution in [2.75, 3.05) is 5.43 Å². The SMILES string of the molecule is CC(=O)C1=C(O)C=C2Oc3c(-c4csc(N/N=C/c5ccc(F)cc5)n4)c(O)c(C)c(O)c3[C@@]2(C)C1=O. The highest BCUT2D eigenvalue weighted by molar-refractivity contribution is 7.14. The van der Waals surface area contributed by atoms with Crippen LogP contribution in [0.3, 0.4) is 0 Å². The van der Waals surface area contributed by atoms with Crippen LogP contribution in [0.15, 0.2) is 57.9 Å². The number of carbonyl (C=O) groups is 2. The van der Waals surface area contributed by atoms with E-state index in [0.717, 1.165) is 6.92 Å².